The first-order valence-electron chi connectivity index (χ1n) is 7.33. The van der Waals surface area contributed by atoms with Gasteiger partial charge in [0, 0.05) is 12.2 Å². The van der Waals surface area contributed by atoms with Crippen LogP contribution in [0, 0.1) is 5.82 Å². The Kier molecular flexibility index (Phi) is 4.94. The lowest BCUT2D eigenvalue weighted by molar-refractivity contribution is -0.125. The smallest absolute Gasteiger partial charge is 0.261 e. The first-order chi connectivity index (χ1) is 11.9. The number of benzene rings is 2. The van der Waals surface area contributed by atoms with E-state index in [4.69, 9.17) is 16.3 Å². The van der Waals surface area contributed by atoms with Crippen molar-refractivity contribution in [3.63, 3.8) is 0 Å². The number of hydrogen-bond acceptors (Lipinski definition) is 4. The third kappa shape index (κ3) is 3.92. The highest BCUT2D eigenvalue weighted by Gasteiger charge is 2.21. The minimum Gasteiger partial charge on any atom is -0.370 e. The number of nitrogens with zero attached hydrogens (tertiary/aromatic N) is 1. The van der Waals surface area contributed by atoms with E-state index in [0.717, 1.165) is 6.07 Å². The normalized spacial score (nSPS) is 15.3. The predicted molar refractivity (Wildman–Crippen MR) is 91.8 cm³/mol. The zero-order valence-electron chi connectivity index (χ0n) is 12.9. The number of carbonyl (C=O) groups is 1. The van der Waals surface area contributed by atoms with Gasteiger partial charge in [-0.05, 0) is 42.5 Å². The molecule has 25 heavy (non-hydrogen) atoms. The molecule has 0 aliphatic carbocycles. The number of halogens is 2. The molecule has 6 nitrogen and oxygen atoms in total. The number of carbonyl (C=O) groups excluding carboxylic acids is 1. The number of morpholine rings is 1. The summed E-state index contributed by atoms with van der Waals surface area (Å²) in [6.07, 6.45) is 0. The van der Waals surface area contributed by atoms with E-state index in [-0.39, 0.29) is 28.1 Å². The summed E-state index contributed by atoms with van der Waals surface area (Å²) in [5, 5.41) is -0.179. The lowest BCUT2D eigenvalue weighted by atomic mass is 10.2. The number of ether oxygens (including phenoxy) is 1. The summed E-state index contributed by atoms with van der Waals surface area (Å²) in [7, 11) is -3.86. The molecule has 1 N–H and O–H groups in total. The van der Waals surface area contributed by atoms with Crippen LogP contribution in [0.3, 0.4) is 0 Å². The summed E-state index contributed by atoms with van der Waals surface area (Å²) in [5.74, 6) is -0.815. The summed E-state index contributed by atoms with van der Waals surface area (Å²) in [6.45, 7) is 0.850. The summed E-state index contributed by atoms with van der Waals surface area (Å²) in [4.78, 5) is 13.4. The number of hydrogen-bond donors (Lipinski definition) is 1. The molecule has 0 unspecified atom stereocenters. The third-order valence-corrected chi connectivity index (χ3v) is 5.30. The maximum Gasteiger partial charge on any atom is 0.261 e. The van der Waals surface area contributed by atoms with Crippen molar-refractivity contribution in [3.05, 3.63) is 53.3 Å². The van der Waals surface area contributed by atoms with Crippen molar-refractivity contribution >= 4 is 38.9 Å². The highest BCUT2D eigenvalue weighted by Crippen LogP contribution is 2.24. The molecule has 1 amide bonds. The van der Waals surface area contributed by atoms with Crippen molar-refractivity contribution in [1.82, 2.24) is 0 Å². The molecule has 1 heterocycles. The van der Waals surface area contributed by atoms with E-state index in [1.165, 1.54) is 29.2 Å². The fraction of sp³-hybridized carbons (Fsp3) is 0.188. The summed E-state index contributed by atoms with van der Waals surface area (Å²) in [6, 6.07) is 9.43. The van der Waals surface area contributed by atoms with Crippen molar-refractivity contribution < 1.29 is 22.3 Å². The Bertz CT molecular complexity index is 903. The predicted octanol–water partition coefficient (Wildman–Crippen LogP) is 2.64. The molecule has 2 aromatic carbocycles. The molecule has 1 aliphatic heterocycles. The fourth-order valence-corrected chi connectivity index (χ4v) is 3.60. The molecule has 0 atom stereocenters. The first kappa shape index (κ1) is 17.7. The van der Waals surface area contributed by atoms with Crippen LogP contribution in [0.25, 0.3) is 0 Å². The highest BCUT2D eigenvalue weighted by molar-refractivity contribution is 7.92. The maximum atomic E-state index is 13.2. The molecule has 1 fully saturated rings. The molecule has 1 saturated heterocycles. The van der Waals surface area contributed by atoms with Crippen LogP contribution in [0.4, 0.5) is 15.8 Å². The molecule has 1 aliphatic rings. The van der Waals surface area contributed by atoms with E-state index >= 15 is 0 Å². The molecule has 2 aromatic rings. The second kappa shape index (κ2) is 6.99. The van der Waals surface area contributed by atoms with Crippen LogP contribution in [0.5, 0.6) is 0 Å². The van der Waals surface area contributed by atoms with Gasteiger partial charge in [0.15, 0.2) is 0 Å². The van der Waals surface area contributed by atoms with Gasteiger partial charge in [0.2, 0.25) is 0 Å². The molecule has 0 spiro atoms. The number of rotatable bonds is 4. The summed E-state index contributed by atoms with van der Waals surface area (Å²) >= 11 is 5.65. The highest BCUT2D eigenvalue weighted by atomic mass is 35.5. The van der Waals surface area contributed by atoms with Crippen molar-refractivity contribution in [2.24, 2.45) is 0 Å². The van der Waals surface area contributed by atoms with Crippen LogP contribution in [-0.2, 0) is 19.6 Å². The van der Waals surface area contributed by atoms with Gasteiger partial charge in [-0.3, -0.25) is 9.52 Å². The van der Waals surface area contributed by atoms with E-state index in [9.17, 15) is 17.6 Å². The molecule has 132 valence electrons. The van der Waals surface area contributed by atoms with Crippen LogP contribution in [0.15, 0.2) is 47.4 Å². The Morgan fingerprint density at radius 1 is 1.16 bits per heavy atom. The van der Waals surface area contributed by atoms with Gasteiger partial charge >= 0.3 is 0 Å². The molecule has 0 aromatic heterocycles. The lowest BCUT2D eigenvalue weighted by Crippen LogP contribution is -2.41. The average Bonchev–Trinajstić information content (AvgIpc) is 2.58. The zero-order valence-corrected chi connectivity index (χ0v) is 14.5. The molecule has 0 saturated carbocycles. The van der Waals surface area contributed by atoms with Gasteiger partial charge in [-0.25, -0.2) is 12.8 Å². The standard InChI is InChI=1S/C16H14ClFN2O4S/c17-14-9-11(1-6-15(14)18)19-25(22,23)13-4-2-12(3-5-13)20-7-8-24-10-16(20)21/h1-6,9,19H,7-8,10H2. The molecule has 9 heteroatoms. The molecule has 0 bridgehead atoms. The second-order valence-electron chi connectivity index (χ2n) is 5.33. The number of nitrogens with one attached hydrogen (secondary N) is 1. The van der Waals surface area contributed by atoms with E-state index in [0.29, 0.717) is 18.8 Å². The van der Waals surface area contributed by atoms with Gasteiger partial charge in [-0.1, -0.05) is 11.6 Å². The Morgan fingerprint density at radius 2 is 1.88 bits per heavy atom. The van der Waals surface area contributed by atoms with Gasteiger partial charge in [0.05, 0.1) is 22.2 Å². The summed E-state index contributed by atoms with van der Waals surface area (Å²) in [5.41, 5.74) is 0.746. The Balaban J connectivity index is 1.80. The van der Waals surface area contributed by atoms with Crippen molar-refractivity contribution in [2.45, 2.75) is 4.90 Å². The number of anilines is 2. The van der Waals surface area contributed by atoms with E-state index in [1.807, 2.05) is 0 Å². The third-order valence-electron chi connectivity index (χ3n) is 3.62. The summed E-state index contributed by atoms with van der Waals surface area (Å²) < 4.78 is 45.4. The van der Waals surface area contributed by atoms with E-state index in [1.54, 1.807) is 12.1 Å². The van der Waals surface area contributed by atoms with Crippen LogP contribution < -0.4 is 9.62 Å². The molecular weight excluding hydrogens is 371 g/mol. The quantitative estimate of drug-likeness (QED) is 0.879. The first-order valence-corrected chi connectivity index (χ1v) is 9.19. The molecule has 3 rings (SSSR count). The fourth-order valence-electron chi connectivity index (χ4n) is 2.37. The molecular formula is C16H14ClFN2O4S. The Labute approximate surface area is 149 Å². The van der Waals surface area contributed by atoms with Crippen LogP contribution >= 0.6 is 11.6 Å². The maximum absolute atomic E-state index is 13.2. The minimum atomic E-state index is -3.86. The minimum absolute atomic E-state index is 0.00688. The van der Waals surface area contributed by atoms with Gasteiger partial charge < -0.3 is 9.64 Å². The molecule has 0 radical (unpaired) electrons. The zero-order chi connectivity index (χ0) is 18.0. The SMILES string of the molecule is O=C1COCCN1c1ccc(S(=O)(=O)Nc2ccc(F)c(Cl)c2)cc1. The van der Waals surface area contributed by atoms with Gasteiger partial charge in [-0.2, -0.15) is 0 Å². The van der Waals surface area contributed by atoms with Crippen LogP contribution in [0.1, 0.15) is 0 Å². The van der Waals surface area contributed by atoms with E-state index < -0.39 is 15.8 Å². The van der Waals surface area contributed by atoms with Gasteiger partial charge in [-0.15, -0.1) is 0 Å². The van der Waals surface area contributed by atoms with Crippen molar-refractivity contribution in [1.29, 1.82) is 0 Å². The Hall–Kier alpha value is -2.16. The van der Waals surface area contributed by atoms with Gasteiger partial charge in [0.1, 0.15) is 12.4 Å². The van der Waals surface area contributed by atoms with Gasteiger partial charge in [0.25, 0.3) is 15.9 Å². The average molecular weight is 385 g/mol. The van der Waals surface area contributed by atoms with Crippen molar-refractivity contribution in [3.8, 4) is 0 Å². The van der Waals surface area contributed by atoms with Crippen LogP contribution in [0.2, 0.25) is 5.02 Å². The number of amides is 1. The second-order valence-corrected chi connectivity index (χ2v) is 7.42. The largest absolute Gasteiger partial charge is 0.370 e. The Morgan fingerprint density at radius 3 is 2.52 bits per heavy atom. The van der Waals surface area contributed by atoms with Crippen molar-refractivity contribution in [2.75, 3.05) is 29.4 Å². The number of sulfonamides is 1. The van der Waals surface area contributed by atoms with Crippen LogP contribution in [-0.4, -0.2) is 34.1 Å². The topological polar surface area (TPSA) is 75.7 Å². The van der Waals surface area contributed by atoms with E-state index in [2.05, 4.69) is 4.72 Å². The lowest BCUT2D eigenvalue weighted by Gasteiger charge is -2.26. The monoisotopic (exact) mass is 384 g/mol.